The van der Waals surface area contributed by atoms with E-state index in [1.165, 1.54) is 11.6 Å². The lowest BCUT2D eigenvalue weighted by Crippen LogP contribution is -2.37. The molecule has 0 atom stereocenters. The van der Waals surface area contributed by atoms with Gasteiger partial charge in [-0.05, 0) is 36.1 Å². The number of nitrogens with zero attached hydrogens (tertiary/aromatic N) is 1. The number of nitrogens with one attached hydrogen (secondary N) is 2. The zero-order chi connectivity index (χ0) is 15.6. The molecule has 2 aromatic rings. The summed E-state index contributed by atoms with van der Waals surface area (Å²) in [6.07, 6.45) is 1.77. The van der Waals surface area contributed by atoms with Crippen molar-refractivity contribution in [2.45, 2.75) is 19.4 Å². The Morgan fingerprint density at radius 3 is 2.50 bits per heavy atom. The molecule has 0 bridgehead atoms. The molecule has 0 saturated heterocycles. The van der Waals surface area contributed by atoms with Crippen LogP contribution in [0, 0.1) is 5.82 Å². The molecule has 0 aliphatic heterocycles. The van der Waals surface area contributed by atoms with E-state index in [2.05, 4.69) is 27.8 Å². The van der Waals surface area contributed by atoms with Gasteiger partial charge >= 0.3 is 0 Å². The monoisotopic (exact) mass is 299 g/mol. The van der Waals surface area contributed by atoms with Crippen LogP contribution in [0.25, 0.3) is 0 Å². The molecule has 0 radical (unpaired) electrons. The van der Waals surface area contributed by atoms with E-state index in [9.17, 15) is 4.39 Å². The van der Waals surface area contributed by atoms with Crippen molar-refractivity contribution in [3.05, 3.63) is 71.5 Å². The quantitative estimate of drug-likeness (QED) is 0.488. The number of halogens is 1. The highest BCUT2D eigenvalue weighted by Crippen LogP contribution is 2.05. The lowest BCUT2D eigenvalue weighted by Gasteiger charge is -2.12. The second-order valence-electron chi connectivity index (χ2n) is 5.07. The number of rotatable bonds is 6. The van der Waals surface area contributed by atoms with Crippen LogP contribution < -0.4 is 10.6 Å². The van der Waals surface area contributed by atoms with Crippen molar-refractivity contribution in [2.75, 3.05) is 13.6 Å². The van der Waals surface area contributed by atoms with Crippen molar-refractivity contribution in [3.63, 3.8) is 0 Å². The first-order chi connectivity index (χ1) is 10.8. The third-order valence-electron chi connectivity index (χ3n) is 3.35. The maximum atomic E-state index is 13.1. The highest BCUT2D eigenvalue weighted by atomic mass is 19.1. The van der Waals surface area contributed by atoms with E-state index in [0.717, 1.165) is 37.5 Å². The fourth-order valence-corrected chi connectivity index (χ4v) is 2.19. The summed E-state index contributed by atoms with van der Waals surface area (Å²) in [6.45, 7) is 1.54. The maximum absolute atomic E-state index is 13.1. The van der Waals surface area contributed by atoms with Gasteiger partial charge in [0.15, 0.2) is 5.96 Å². The summed E-state index contributed by atoms with van der Waals surface area (Å²) >= 11 is 0. The van der Waals surface area contributed by atoms with E-state index in [-0.39, 0.29) is 5.82 Å². The molecular weight excluding hydrogens is 277 g/mol. The molecule has 0 amide bonds. The van der Waals surface area contributed by atoms with Crippen LogP contribution in [0.1, 0.15) is 17.5 Å². The Hall–Kier alpha value is -2.36. The van der Waals surface area contributed by atoms with Crippen molar-refractivity contribution in [3.8, 4) is 0 Å². The van der Waals surface area contributed by atoms with Gasteiger partial charge in [0.2, 0.25) is 0 Å². The third-order valence-corrected chi connectivity index (χ3v) is 3.35. The Morgan fingerprint density at radius 1 is 1.00 bits per heavy atom. The fourth-order valence-electron chi connectivity index (χ4n) is 2.19. The van der Waals surface area contributed by atoms with Crippen LogP contribution in [0.5, 0.6) is 0 Å². The van der Waals surface area contributed by atoms with Crippen molar-refractivity contribution >= 4 is 5.96 Å². The average molecular weight is 299 g/mol. The zero-order valence-electron chi connectivity index (χ0n) is 12.8. The van der Waals surface area contributed by atoms with Gasteiger partial charge in [0, 0.05) is 20.1 Å². The summed E-state index contributed by atoms with van der Waals surface area (Å²) in [4.78, 5) is 4.20. The van der Waals surface area contributed by atoms with Gasteiger partial charge in [0.25, 0.3) is 0 Å². The maximum Gasteiger partial charge on any atom is 0.191 e. The molecule has 2 N–H and O–H groups in total. The summed E-state index contributed by atoms with van der Waals surface area (Å²) in [6, 6.07) is 16.9. The Kier molecular flexibility index (Phi) is 6.42. The Morgan fingerprint density at radius 2 is 1.77 bits per heavy atom. The molecule has 0 spiro atoms. The number of aliphatic imine (C=N–C) groups is 1. The first-order valence-corrected chi connectivity index (χ1v) is 7.51. The number of aryl methyl sites for hydroxylation is 1. The highest BCUT2D eigenvalue weighted by Gasteiger charge is 1.99. The molecule has 116 valence electrons. The van der Waals surface area contributed by atoms with E-state index >= 15 is 0 Å². The van der Waals surface area contributed by atoms with Crippen LogP contribution in [0.15, 0.2) is 59.6 Å². The number of hydrogen-bond donors (Lipinski definition) is 2. The average Bonchev–Trinajstić information content (AvgIpc) is 2.55. The first kappa shape index (κ1) is 16.0. The Labute approximate surface area is 131 Å². The van der Waals surface area contributed by atoms with Crippen molar-refractivity contribution in [1.82, 2.24) is 10.6 Å². The van der Waals surface area contributed by atoms with Gasteiger partial charge in [0.05, 0.1) is 0 Å². The van der Waals surface area contributed by atoms with Gasteiger partial charge < -0.3 is 10.6 Å². The first-order valence-electron chi connectivity index (χ1n) is 7.51. The van der Waals surface area contributed by atoms with E-state index in [1.807, 2.05) is 24.3 Å². The molecule has 3 nitrogen and oxygen atoms in total. The van der Waals surface area contributed by atoms with Crippen molar-refractivity contribution < 1.29 is 4.39 Å². The van der Waals surface area contributed by atoms with Gasteiger partial charge in [0.1, 0.15) is 5.82 Å². The largest absolute Gasteiger partial charge is 0.356 e. The van der Waals surface area contributed by atoms with E-state index in [0.29, 0.717) is 0 Å². The molecule has 0 aliphatic rings. The Balaban J connectivity index is 1.68. The van der Waals surface area contributed by atoms with Gasteiger partial charge in [-0.3, -0.25) is 4.99 Å². The topological polar surface area (TPSA) is 36.4 Å². The van der Waals surface area contributed by atoms with Gasteiger partial charge in [-0.2, -0.15) is 0 Å². The lowest BCUT2D eigenvalue weighted by atomic mass is 10.1. The molecule has 22 heavy (non-hydrogen) atoms. The van der Waals surface area contributed by atoms with Gasteiger partial charge in [-0.25, -0.2) is 4.39 Å². The fraction of sp³-hybridized carbons (Fsp3) is 0.278. The summed E-state index contributed by atoms with van der Waals surface area (Å²) < 4.78 is 13.1. The minimum Gasteiger partial charge on any atom is -0.356 e. The molecule has 0 fully saturated rings. The minimum absolute atomic E-state index is 0.175. The van der Waals surface area contributed by atoms with Crippen LogP contribution in [0.3, 0.4) is 0 Å². The summed E-state index contributed by atoms with van der Waals surface area (Å²) in [5.41, 5.74) is 2.24. The second-order valence-corrected chi connectivity index (χ2v) is 5.07. The van der Waals surface area contributed by atoms with Crippen LogP contribution in [0.4, 0.5) is 4.39 Å². The predicted octanol–water partition coefficient (Wildman–Crippen LogP) is 3.12. The van der Waals surface area contributed by atoms with Gasteiger partial charge in [-0.15, -0.1) is 0 Å². The molecule has 0 saturated carbocycles. The summed E-state index contributed by atoms with van der Waals surface area (Å²) in [5, 5.41) is 6.54. The van der Waals surface area contributed by atoms with E-state index in [4.69, 9.17) is 0 Å². The third kappa shape index (κ3) is 5.56. The van der Waals surface area contributed by atoms with Crippen LogP contribution in [-0.2, 0) is 13.0 Å². The standard InChI is InChI=1S/C18H22FN3/c1-20-18(22-14-16-7-3-2-4-8-16)21-12-6-10-15-9-5-11-17(19)13-15/h2-5,7-9,11,13H,6,10,12,14H2,1H3,(H2,20,21,22). The van der Waals surface area contributed by atoms with E-state index < -0.39 is 0 Å². The summed E-state index contributed by atoms with van der Waals surface area (Å²) in [5.74, 6) is 0.605. The second kappa shape index (κ2) is 8.82. The molecule has 0 unspecified atom stereocenters. The van der Waals surface area contributed by atoms with E-state index in [1.54, 1.807) is 19.2 Å². The van der Waals surface area contributed by atoms with Crippen molar-refractivity contribution in [2.24, 2.45) is 4.99 Å². The normalized spacial score (nSPS) is 11.3. The van der Waals surface area contributed by atoms with Crippen LogP contribution >= 0.6 is 0 Å². The lowest BCUT2D eigenvalue weighted by molar-refractivity contribution is 0.624. The number of benzene rings is 2. The molecule has 2 rings (SSSR count). The van der Waals surface area contributed by atoms with Crippen LogP contribution in [0.2, 0.25) is 0 Å². The molecule has 0 heterocycles. The predicted molar refractivity (Wildman–Crippen MR) is 89.4 cm³/mol. The zero-order valence-corrected chi connectivity index (χ0v) is 12.8. The van der Waals surface area contributed by atoms with Crippen molar-refractivity contribution in [1.29, 1.82) is 0 Å². The number of guanidine groups is 1. The smallest absolute Gasteiger partial charge is 0.191 e. The molecule has 2 aromatic carbocycles. The van der Waals surface area contributed by atoms with Gasteiger partial charge in [-0.1, -0.05) is 42.5 Å². The Bertz CT molecular complexity index is 596. The molecule has 4 heteroatoms. The molecular formula is C18H22FN3. The number of hydrogen-bond acceptors (Lipinski definition) is 1. The van der Waals surface area contributed by atoms with Crippen LogP contribution in [-0.4, -0.2) is 19.6 Å². The molecule has 0 aliphatic carbocycles. The summed E-state index contributed by atoms with van der Waals surface area (Å²) in [7, 11) is 1.76. The SMILES string of the molecule is CN=C(NCCCc1cccc(F)c1)NCc1ccccc1. The minimum atomic E-state index is -0.175. The highest BCUT2D eigenvalue weighted by molar-refractivity contribution is 5.79. The molecule has 0 aromatic heterocycles.